The normalized spacial score (nSPS) is 12.7. The van der Waals surface area contributed by atoms with Gasteiger partial charge in [-0.1, -0.05) is 42.5 Å². The molecule has 3 aromatic rings. The molecule has 2 heterocycles. The van der Waals surface area contributed by atoms with Crippen molar-refractivity contribution in [2.75, 3.05) is 7.05 Å². The van der Waals surface area contributed by atoms with Crippen LogP contribution in [0.1, 0.15) is 24.4 Å². The topological polar surface area (TPSA) is 50.7 Å². The van der Waals surface area contributed by atoms with E-state index in [1.165, 1.54) is 0 Å². The first kappa shape index (κ1) is 13.1. The SMILES string of the molecule is CCC(NC)c1nnc(-c2ccc3ccccc3n2)s1. The van der Waals surface area contributed by atoms with Gasteiger partial charge < -0.3 is 5.32 Å². The maximum atomic E-state index is 4.66. The van der Waals surface area contributed by atoms with Crippen LogP contribution in [0.3, 0.4) is 0 Å². The molecule has 0 aliphatic carbocycles. The number of benzene rings is 1. The lowest BCUT2D eigenvalue weighted by Crippen LogP contribution is -2.14. The first-order valence-corrected chi connectivity index (χ1v) is 7.50. The van der Waals surface area contributed by atoms with Gasteiger partial charge in [-0.05, 0) is 25.6 Å². The number of hydrogen-bond donors (Lipinski definition) is 1. The summed E-state index contributed by atoms with van der Waals surface area (Å²) in [6.45, 7) is 2.14. The Morgan fingerprint density at radius 3 is 2.80 bits per heavy atom. The van der Waals surface area contributed by atoms with Crippen LogP contribution in [0.2, 0.25) is 0 Å². The minimum atomic E-state index is 0.265. The number of para-hydroxylation sites is 1. The van der Waals surface area contributed by atoms with E-state index in [4.69, 9.17) is 0 Å². The number of aromatic nitrogens is 3. The Labute approximate surface area is 121 Å². The molecule has 1 aromatic carbocycles. The minimum Gasteiger partial charge on any atom is -0.311 e. The lowest BCUT2D eigenvalue weighted by Gasteiger charge is -2.07. The van der Waals surface area contributed by atoms with E-state index in [0.29, 0.717) is 0 Å². The molecule has 3 rings (SSSR count). The van der Waals surface area contributed by atoms with Gasteiger partial charge in [0.05, 0.1) is 11.6 Å². The summed E-state index contributed by atoms with van der Waals surface area (Å²) in [5, 5.41) is 14.8. The fourth-order valence-electron chi connectivity index (χ4n) is 2.17. The number of nitrogens with one attached hydrogen (secondary N) is 1. The molecule has 1 unspecified atom stereocenters. The number of hydrogen-bond acceptors (Lipinski definition) is 5. The fourth-order valence-corrected chi connectivity index (χ4v) is 3.17. The maximum Gasteiger partial charge on any atom is 0.166 e. The smallest absolute Gasteiger partial charge is 0.166 e. The number of nitrogens with zero attached hydrogens (tertiary/aromatic N) is 3. The van der Waals surface area contributed by atoms with Gasteiger partial charge in [0.2, 0.25) is 0 Å². The lowest BCUT2D eigenvalue weighted by atomic mass is 10.2. The summed E-state index contributed by atoms with van der Waals surface area (Å²) in [7, 11) is 1.95. The van der Waals surface area contributed by atoms with Gasteiger partial charge in [0, 0.05) is 5.39 Å². The third kappa shape index (κ3) is 2.42. The van der Waals surface area contributed by atoms with Gasteiger partial charge >= 0.3 is 0 Å². The molecule has 0 bridgehead atoms. The highest BCUT2D eigenvalue weighted by Crippen LogP contribution is 2.27. The first-order chi connectivity index (χ1) is 9.81. The Bertz CT molecular complexity index is 718. The van der Waals surface area contributed by atoms with E-state index in [0.717, 1.165) is 33.0 Å². The Balaban J connectivity index is 1.98. The molecule has 0 aliphatic rings. The van der Waals surface area contributed by atoms with Crippen LogP contribution >= 0.6 is 11.3 Å². The summed E-state index contributed by atoms with van der Waals surface area (Å²) in [6, 6.07) is 12.4. The zero-order chi connectivity index (χ0) is 13.9. The molecular formula is C15H16N4S. The van der Waals surface area contributed by atoms with Crippen LogP contribution in [0.15, 0.2) is 36.4 Å². The molecule has 0 fully saturated rings. The van der Waals surface area contributed by atoms with E-state index in [1.807, 2.05) is 31.3 Å². The van der Waals surface area contributed by atoms with E-state index in [2.05, 4.69) is 39.6 Å². The van der Waals surface area contributed by atoms with Crippen molar-refractivity contribution in [1.82, 2.24) is 20.5 Å². The third-order valence-electron chi connectivity index (χ3n) is 3.31. The third-order valence-corrected chi connectivity index (χ3v) is 4.37. The van der Waals surface area contributed by atoms with Crippen LogP contribution in [0, 0.1) is 0 Å². The highest BCUT2D eigenvalue weighted by molar-refractivity contribution is 7.14. The molecule has 20 heavy (non-hydrogen) atoms. The van der Waals surface area contributed by atoms with Crippen molar-refractivity contribution in [2.45, 2.75) is 19.4 Å². The quantitative estimate of drug-likeness (QED) is 0.797. The molecular weight excluding hydrogens is 268 g/mol. The molecule has 0 saturated carbocycles. The average Bonchev–Trinajstić information content (AvgIpc) is 2.98. The van der Waals surface area contributed by atoms with Crippen molar-refractivity contribution >= 4 is 22.2 Å². The molecule has 5 heteroatoms. The van der Waals surface area contributed by atoms with Crippen LogP contribution in [0.5, 0.6) is 0 Å². The standard InChI is InChI=1S/C15H16N4S/c1-3-11(16-2)14-18-19-15(20-14)13-9-8-10-6-4-5-7-12(10)17-13/h4-9,11,16H,3H2,1-2H3. The first-order valence-electron chi connectivity index (χ1n) is 6.68. The van der Waals surface area contributed by atoms with Gasteiger partial charge in [-0.25, -0.2) is 4.98 Å². The van der Waals surface area contributed by atoms with E-state index in [1.54, 1.807) is 11.3 Å². The predicted octanol–water partition coefficient (Wildman–Crippen LogP) is 3.42. The van der Waals surface area contributed by atoms with Gasteiger partial charge in [-0.15, -0.1) is 10.2 Å². The zero-order valence-corrected chi connectivity index (χ0v) is 12.3. The van der Waals surface area contributed by atoms with Crippen LogP contribution in [0.4, 0.5) is 0 Å². The van der Waals surface area contributed by atoms with Crippen LogP contribution in [0.25, 0.3) is 21.6 Å². The van der Waals surface area contributed by atoms with Crippen molar-refractivity contribution in [2.24, 2.45) is 0 Å². The highest BCUT2D eigenvalue weighted by Gasteiger charge is 2.14. The van der Waals surface area contributed by atoms with E-state index >= 15 is 0 Å². The molecule has 1 N–H and O–H groups in total. The molecule has 0 amide bonds. The molecule has 2 aromatic heterocycles. The molecule has 1 atom stereocenters. The molecule has 4 nitrogen and oxygen atoms in total. The summed E-state index contributed by atoms with van der Waals surface area (Å²) in [5.74, 6) is 0. The fraction of sp³-hybridized carbons (Fsp3) is 0.267. The molecule has 102 valence electrons. The van der Waals surface area contributed by atoms with Crippen molar-refractivity contribution in [3.8, 4) is 10.7 Å². The monoisotopic (exact) mass is 284 g/mol. The zero-order valence-electron chi connectivity index (χ0n) is 11.5. The van der Waals surface area contributed by atoms with Crippen LogP contribution in [-0.2, 0) is 0 Å². The molecule has 0 saturated heterocycles. The van der Waals surface area contributed by atoms with E-state index in [-0.39, 0.29) is 6.04 Å². The number of fused-ring (bicyclic) bond motifs is 1. The summed E-state index contributed by atoms with van der Waals surface area (Å²) in [6.07, 6.45) is 0.996. The van der Waals surface area contributed by atoms with Gasteiger partial charge in [-0.3, -0.25) is 0 Å². The second-order valence-corrected chi connectivity index (χ2v) is 5.59. The van der Waals surface area contributed by atoms with Gasteiger partial charge in [-0.2, -0.15) is 0 Å². The van der Waals surface area contributed by atoms with Crippen molar-refractivity contribution in [3.05, 3.63) is 41.4 Å². The second kappa shape index (κ2) is 5.64. The van der Waals surface area contributed by atoms with Crippen molar-refractivity contribution in [1.29, 1.82) is 0 Å². The Morgan fingerprint density at radius 2 is 2.00 bits per heavy atom. The van der Waals surface area contributed by atoms with Crippen molar-refractivity contribution in [3.63, 3.8) is 0 Å². The maximum absolute atomic E-state index is 4.66. The molecule has 0 spiro atoms. The number of pyridine rings is 1. The van der Waals surface area contributed by atoms with E-state index < -0.39 is 0 Å². The Hall–Kier alpha value is -1.85. The van der Waals surface area contributed by atoms with Crippen LogP contribution in [-0.4, -0.2) is 22.2 Å². The predicted molar refractivity (Wildman–Crippen MR) is 82.7 cm³/mol. The Kier molecular flexibility index (Phi) is 3.71. The summed E-state index contributed by atoms with van der Waals surface area (Å²) in [4.78, 5) is 4.66. The summed E-state index contributed by atoms with van der Waals surface area (Å²) in [5.41, 5.74) is 1.88. The van der Waals surface area contributed by atoms with E-state index in [9.17, 15) is 0 Å². The molecule has 0 radical (unpaired) electrons. The molecule has 0 aliphatic heterocycles. The number of rotatable bonds is 4. The second-order valence-electron chi connectivity index (χ2n) is 4.58. The minimum absolute atomic E-state index is 0.265. The van der Waals surface area contributed by atoms with Gasteiger partial charge in [0.25, 0.3) is 0 Å². The van der Waals surface area contributed by atoms with Gasteiger partial charge in [0.15, 0.2) is 5.01 Å². The van der Waals surface area contributed by atoms with Crippen molar-refractivity contribution < 1.29 is 0 Å². The van der Waals surface area contributed by atoms with Gasteiger partial charge in [0.1, 0.15) is 10.7 Å². The highest BCUT2D eigenvalue weighted by atomic mass is 32.1. The largest absolute Gasteiger partial charge is 0.311 e. The van der Waals surface area contributed by atoms with Crippen LogP contribution < -0.4 is 5.32 Å². The Morgan fingerprint density at radius 1 is 1.15 bits per heavy atom. The summed E-state index contributed by atoms with van der Waals surface area (Å²) >= 11 is 1.60. The average molecular weight is 284 g/mol. The lowest BCUT2D eigenvalue weighted by molar-refractivity contribution is 0.568. The summed E-state index contributed by atoms with van der Waals surface area (Å²) < 4.78 is 0.